The summed E-state index contributed by atoms with van der Waals surface area (Å²) in [6.07, 6.45) is 4.20. The Morgan fingerprint density at radius 3 is 2.83 bits per heavy atom. The Bertz CT molecular complexity index is 378. The van der Waals surface area contributed by atoms with Gasteiger partial charge in [-0.2, -0.15) is 0 Å². The Morgan fingerprint density at radius 2 is 2.06 bits per heavy atom. The van der Waals surface area contributed by atoms with Gasteiger partial charge in [-0.05, 0) is 24.3 Å². The van der Waals surface area contributed by atoms with Crippen molar-refractivity contribution in [3.63, 3.8) is 0 Å². The van der Waals surface area contributed by atoms with Gasteiger partial charge in [0.05, 0.1) is 6.61 Å². The van der Waals surface area contributed by atoms with Crippen LogP contribution in [0.1, 0.15) is 30.7 Å². The Labute approximate surface area is 110 Å². The number of fused-ring (bicyclic) bond motifs is 1. The van der Waals surface area contributed by atoms with Gasteiger partial charge in [-0.25, -0.2) is 0 Å². The van der Waals surface area contributed by atoms with Crippen molar-refractivity contribution in [1.82, 2.24) is 4.90 Å². The van der Waals surface area contributed by atoms with E-state index < -0.39 is 0 Å². The average molecular weight is 245 g/mol. The maximum absolute atomic E-state index is 5.25. The van der Waals surface area contributed by atoms with Crippen molar-refractivity contribution in [2.45, 2.75) is 31.2 Å². The number of nitrogens with zero attached hydrogens (tertiary/aromatic N) is 1. The van der Waals surface area contributed by atoms with Crippen LogP contribution in [0.4, 0.5) is 0 Å². The molecule has 1 saturated heterocycles. The lowest BCUT2D eigenvalue weighted by Crippen LogP contribution is -2.32. The van der Waals surface area contributed by atoms with Crippen LogP contribution in [-0.4, -0.2) is 37.7 Å². The first-order chi connectivity index (χ1) is 8.90. The first-order valence-corrected chi connectivity index (χ1v) is 7.18. The normalized spacial score (nSPS) is 31.7. The Kier molecular flexibility index (Phi) is 3.67. The molecule has 1 aliphatic carbocycles. The van der Waals surface area contributed by atoms with Gasteiger partial charge in [-0.3, -0.25) is 4.90 Å². The highest BCUT2D eigenvalue weighted by Crippen LogP contribution is 2.45. The van der Waals surface area contributed by atoms with E-state index in [2.05, 4.69) is 35.2 Å². The van der Waals surface area contributed by atoms with Gasteiger partial charge in [0, 0.05) is 32.2 Å². The van der Waals surface area contributed by atoms with Crippen LogP contribution in [0.15, 0.2) is 30.3 Å². The Morgan fingerprint density at radius 1 is 1.22 bits per heavy atom. The smallest absolute Gasteiger partial charge is 0.0589 e. The number of hydrogen-bond acceptors (Lipinski definition) is 2. The molecule has 18 heavy (non-hydrogen) atoms. The van der Waals surface area contributed by atoms with Gasteiger partial charge in [-0.1, -0.05) is 36.8 Å². The first kappa shape index (κ1) is 12.2. The molecule has 0 radical (unpaired) electrons. The molecule has 3 atom stereocenters. The lowest BCUT2D eigenvalue weighted by Gasteiger charge is -2.22. The molecule has 3 unspecified atom stereocenters. The molecule has 0 N–H and O–H groups in total. The van der Waals surface area contributed by atoms with Crippen molar-refractivity contribution in [2.24, 2.45) is 5.92 Å². The van der Waals surface area contributed by atoms with Crippen LogP contribution < -0.4 is 0 Å². The standard InChI is InChI=1S/C16H23NO/c1-18-11-10-17-12-15(13-6-3-2-4-7-13)14-8-5-9-16(14)17/h2-4,6-7,14-16H,5,8-12H2,1H3. The van der Waals surface area contributed by atoms with Crippen molar-refractivity contribution >= 4 is 0 Å². The summed E-state index contributed by atoms with van der Waals surface area (Å²) < 4.78 is 5.25. The minimum absolute atomic E-state index is 0.746. The molecule has 2 aliphatic rings. The van der Waals surface area contributed by atoms with E-state index in [4.69, 9.17) is 4.74 Å². The summed E-state index contributed by atoms with van der Waals surface area (Å²) in [4.78, 5) is 2.67. The van der Waals surface area contributed by atoms with Gasteiger partial charge >= 0.3 is 0 Å². The summed E-state index contributed by atoms with van der Waals surface area (Å²) in [6.45, 7) is 3.19. The zero-order chi connectivity index (χ0) is 12.4. The van der Waals surface area contributed by atoms with E-state index in [1.807, 2.05) is 0 Å². The molecule has 1 saturated carbocycles. The molecule has 1 aromatic rings. The lowest BCUT2D eigenvalue weighted by atomic mass is 9.87. The van der Waals surface area contributed by atoms with Crippen LogP contribution >= 0.6 is 0 Å². The molecular weight excluding hydrogens is 222 g/mol. The van der Waals surface area contributed by atoms with E-state index in [1.54, 1.807) is 7.11 Å². The summed E-state index contributed by atoms with van der Waals surface area (Å²) in [7, 11) is 1.80. The molecule has 0 bridgehead atoms. The van der Waals surface area contributed by atoms with E-state index in [-0.39, 0.29) is 0 Å². The largest absolute Gasteiger partial charge is 0.383 e. The molecule has 0 amide bonds. The van der Waals surface area contributed by atoms with E-state index in [0.717, 1.165) is 31.0 Å². The summed E-state index contributed by atoms with van der Waals surface area (Å²) in [5, 5.41) is 0. The van der Waals surface area contributed by atoms with Crippen LogP contribution in [-0.2, 0) is 4.74 Å². The SMILES string of the molecule is COCCN1CC(c2ccccc2)C2CCCC21. The average Bonchev–Trinajstić information content (AvgIpc) is 3.00. The number of rotatable bonds is 4. The Balaban J connectivity index is 1.76. The lowest BCUT2D eigenvalue weighted by molar-refractivity contribution is 0.137. The first-order valence-electron chi connectivity index (χ1n) is 7.18. The van der Waals surface area contributed by atoms with Crippen molar-refractivity contribution in [1.29, 1.82) is 0 Å². The van der Waals surface area contributed by atoms with E-state index in [1.165, 1.54) is 31.4 Å². The molecule has 0 spiro atoms. The predicted molar refractivity (Wildman–Crippen MR) is 73.8 cm³/mol. The summed E-state index contributed by atoms with van der Waals surface area (Å²) in [6, 6.07) is 11.9. The maximum atomic E-state index is 5.25. The second kappa shape index (κ2) is 5.41. The fourth-order valence-electron chi connectivity index (χ4n) is 3.93. The zero-order valence-electron chi connectivity index (χ0n) is 11.2. The molecule has 2 heteroatoms. The van der Waals surface area contributed by atoms with Crippen LogP contribution in [0.2, 0.25) is 0 Å². The minimum atomic E-state index is 0.746. The quantitative estimate of drug-likeness (QED) is 0.808. The van der Waals surface area contributed by atoms with Gasteiger partial charge in [0.15, 0.2) is 0 Å². The number of methoxy groups -OCH3 is 1. The van der Waals surface area contributed by atoms with E-state index in [9.17, 15) is 0 Å². The van der Waals surface area contributed by atoms with Crippen LogP contribution in [0.3, 0.4) is 0 Å². The molecule has 2 nitrogen and oxygen atoms in total. The molecular formula is C16H23NO. The van der Waals surface area contributed by atoms with Gasteiger partial charge in [0.1, 0.15) is 0 Å². The van der Waals surface area contributed by atoms with Gasteiger partial charge in [0.25, 0.3) is 0 Å². The van der Waals surface area contributed by atoms with Gasteiger partial charge < -0.3 is 4.74 Å². The maximum Gasteiger partial charge on any atom is 0.0589 e. The van der Waals surface area contributed by atoms with Crippen LogP contribution in [0, 0.1) is 5.92 Å². The molecule has 1 heterocycles. The highest BCUT2D eigenvalue weighted by Gasteiger charge is 2.44. The van der Waals surface area contributed by atoms with E-state index >= 15 is 0 Å². The van der Waals surface area contributed by atoms with Crippen LogP contribution in [0.5, 0.6) is 0 Å². The van der Waals surface area contributed by atoms with Gasteiger partial charge in [0.2, 0.25) is 0 Å². The zero-order valence-corrected chi connectivity index (χ0v) is 11.2. The second-order valence-electron chi connectivity index (χ2n) is 5.67. The number of likely N-dealkylation sites (tertiary alicyclic amines) is 1. The molecule has 1 aliphatic heterocycles. The molecule has 2 fully saturated rings. The highest BCUT2D eigenvalue weighted by molar-refractivity contribution is 5.24. The Hall–Kier alpha value is -0.860. The molecule has 98 valence electrons. The third-order valence-electron chi connectivity index (χ3n) is 4.76. The topological polar surface area (TPSA) is 12.5 Å². The van der Waals surface area contributed by atoms with Crippen LogP contribution in [0.25, 0.3) is 0 Å². The molecule has 3 rings (SSSR count). The molecule has 0 aromatic heterocycles. The fraction of sp³-hybridized carbons (Fsp3) is 0.625. The van der Waals surface area contributed by atoms with Crippen molar-refractivity contribution in [3.8, 4) is 0 Å². The summed E-state index contributed by atoms with van der Waals surface area (Å²) in [5.41, 5.74) is 1.54. The summed E-state index contributed by atoms with van der Waals surface area (Å²) in [5.74, 6) is 1.62. The van der Waals surface area contributed by atoms with Crippen molar-refractivity contribution < 1.29 is 4.74 Å². The second-order valence-corrected chi connectivity index (χ2v) is 5.67. The van der Waals surface area contributed by atoms with Gasteiger partial charge in [-0.15, -0.1) is 0 Å². The number of benzene rings is 1. The third kappa shape index (κ3) is 2.19. The van der Waals surface area contributed by atoms with Crippen molar-refractivity contribution in [2.75, 3.05) is 26.8 Å². The highest BCUT2D eigenvalue weighted by atomic mass is 16.5. The third-order valence-corrected chi connectivity index (χ3v) is 4.76. The number of hydrogen-bond donors (Lipinski definition) is 0. The monoisotopic (exact) mass is 245 g/mol. The van der Waals surface area contributed by atoms with Crippen molar-refractivity contribution in [3.05, 3.63) is 35.9 Å². The fourth-order valence-corrected chi connectivity index (χ4v) is 3.93. The predicted octanol–water partition coefficient (Wildman–Crippen LogP) is 2.90. The van der Waals surface area contributed by atoms with E-state index in [0.29, 0.717) is 0 Å². The minimum Gasteiger partial charge on any atom is -0.383 e. The number of ether oxygens (including phenoxy) is 1. The molecule has 1 aromatic carbocycles. The summed E-state index contributed by atoms with van der Waals surface area (Å²) >= 11 is 0.